The Bertz CT molecular complexity index is 849. The van der Waals surface area contributed by atoms with E-state index in [-0.39, 0.29) is 18.5 Å². The number of benzene rings is 2. The molecule has 152 valence electrons. The van der Waals surface area contributed by atoms with Crippen LogP contribution in [0, 0.1) is 0 Å². The second-order valence-corrected chi connectivity index (χ2v) is 6.97. The maximum atomic E-state index is 12.1. The number of urea groups is 1. The first-order valence-corrected chi connectivity index (χ1v) is 9.99. The van der Waals surface area contributed by atoms with Crippen LogP contribution in [-0.4, -0.2) is 25.1 Å². The molecule has 3 amide bonds. The number of hydrogen-bond donors (Lipinski definition) is 3. The Kier molecular flexibility index (Phi) is 7.69. The molecule has 6 nitrogen and oxygen atoms in total. The molecule has 29 heavy (non-hydrogen) atoms. The number of amides is 3. The van der Waals surface area contributed by atoms with E-state index < -0.39 is 0 Å². The quantitative estimate of drug-likeness (QED) is 0.568. The molecule has 2 aromatic rings. The van der Waals surface area contributed by atoms with Gasteiger partial charge in [0.15, 0.2) is 6.61 Å². The summed E-state index contributed by atoms with van der Waals surface area (Å²) in [5, 5.41) is 8.44. The van der Waals surface area contributed by atoms with Gasteiger partial charge in [-0.1, -0.05) is 35.9 Å². The average Bonchev–Trinajstić information content (AvgIpc) is 2.74. The highest BCUT2D eigenvalue weighted by molar-refractivity contribution is 5.92. The van der Waals surface area contributed by atoms with E-state index >= 15 is 0 Å². The zero-order chi connectivity index (χ0) is 20.3. The van der Waals surface area contributed by atoms with Crippen LogP contribution in [0.1, 0.15) is 32.1 Å². The van der Waals surface area contributed by atoms with Crippen LogP contribution in [0.2, 0.25) is 0 Å². The number of hydrogen-bond acceptors (Lipinski definition) is 3. The fraction of sp³-hybridized carbons (Fsp3) is 0.304. The summed E-state index contributed by atoms with van der Waals surface area (Å²) in [6, 6.07) is 15.9. The summed E-state index contributed by atoms with van der Waals surface area (Å²) in [5.41, 5.74) is 2.76. The van der Waals surface area contributed by atoms with Crippen molar-refractivity contribution in [2.45, 2.75) is 32.1 Å². The highest BCUT2D eigenvalue weighted by Crippen LogP contribution is 2.20. The molecule has 0 spiro atoms. The number of anilines is 2. The van der Waals surface area contributed by atoms with Crippen molar-refractivity contribution in [1.82, 2.24) is 5.32 Å². The third-order valence-electron chi connectivity index (χ3n) is 4.64. The molecule has 0 saturated heterocycles. The van der Waals surface area contributed by atoms with Crippen molar-refractivity contribution in [2.75, 3.05) is 23.8 Å². The standard InChI is InChI=1S/C23H27N3O3/c27-22(25-19-10-5-2-6-11-19)17-29-21-13-7-12-20(16-21)26-23(28)24-15-14-18-8-3-1-4-9-18/h2,5-8,10-13,16H,1,3-4,9,14-15,17H2,(H,25,27)(H2,24,26,28). The second kappa shape index (κ2) is 10.9. The Morgan fingerprint density at radius 2 is 1.76 bits per heavy atom. The number of allylic oxidation sites excluding steroid dienone is 1. The van der Waals surface area contributed by atoms with Crippen molar-refractivity contribution in [1.29, 1.82) is 0 Å². The van der Waals surface area contributed by atoms with E-state index in [1.165, 1.54) is 18.4 Å². The molecule has 0 aliphatic heterocycles. The van der Waals surface area contributed by atoms with Crippen molar-refractivity contribution >= 4 is 23.3 Å². The van der Waals surface area contributed by atoms with Crippen LogP contribution in [0.3, 0.4) is 0 Å². The molecule has 1 aliphatic carbocycles. The molecule has 0 aromatic heterocycles. The van der Waals surface area contributed by atoms with E-state index in [9.17, 15) is 9.59 Å². The van der Waals surface area contributed by atoms with E-state index in [0.717, 1.165) is 24.9 Å². The van der Waals surface area contributed by atoms with Crippen LogP contribution in [0.5, 0.6) is 5.75 Å². The lowest BCUT2D eigenvalue weighted by Crippen LogP contribution is -2.29. The van der Waals surface area contributed by atoms with Gasteiger partial charge in [-0.05, 0) is 56.4 Å². The Morgan fingerprint density at radius 3 is 2.55 bits per heavy atom. The molecule has 6 heteroatoms. The second-order valence-electron chi connectivity index (χ2n) is 6.97. The average molecular weight is 393 g/mol. The molecule has 0 saturated carbocycles. The molecule has 0 fully saturated rings. The van der Waals surface area contributed by atoms with E-state index in [2.05, 4.69) is 22.0 Å². The van der Waals surface area contributed by atoms with E-state index in [4.69, 9.17) is 4.74 Å². The third kappa shape index (κ3) is 7.33. The Balaban J connectivity index is 1.40. The summed E-state index contributed by atoms with van der Waals surface area (Å²) < 4.78 is 5.53. The zero-order valence-electron chi connectivity index (χ0n) is 16.4. The maximum Gasteiger partial charge on any atom is 0.319 e. The van der Waals surface area contributed by atoms with Gasteiger partial charge in [0, 0.05) is 24.0 Å². The lowest BCUT2D eigenvalue weighted by atomic mass is 9.97. The predicted molar refractivity (Wildman–Crippen MR) is 115 cm³/mol. The molecule has 0 bridgehead atoms. The molecule has 2 aromatic carbocycles. The largest absolute Gasteiger partial charge is 0.484 e. The SMILES string of the molecule is O=C(COc1cccc(NC(=O)NCCC2=CCCCC2)c1)Nc1ccccc1. The fourth-order valence-corrected chi connectivity index (χ4v) is 3.17. The Labute approximate surface area is 171 Å². The van der Waals surface area contributed by atoms with Gasteiger partial charge in [-0.3, -0.25) is 4.79 Å². The van der Waals surface area contributed by atoms with Crippen LogP contribution >= 0.6 is 0 Å². The molecule has 0 unspecified atom stereocenters. The van der Waals surface area contributed by atoms with Crippen molar-refractivity contribution in [3.05, 3.63) is 66.2 Å². The summed E-state index contributed by atoms with van der Waals surface area (Å²) >= 11 is 0. The monoisotopic (exact) mass is 393 g/mol. The van der Waals surface area contributed by atoms with Gasteiger partial charge in [-0.15, -0.1) is 0 Å². The van der Waals surface area contributed by atoms with Crippen LogP contribution in [-0.2, 0) is 4.79 Å². The highest BCUT2D eigenvalue weighted by atomic mass is 16.5. The molecular formula is C23H27N3O3. The summed E-state index contributed by atoms with van der Waals surface area (Å²) in [4.78, 5) is 24.1. The number of carbonyl (C=O) groups excluding carboxylic acids is 2. The van der Waals surface area contributed by atoms with E-state index in [0.29, 0.717) is 18.0 Å². The van der Waals surface area contributed by atoms with Gasteiger partial charge in [0.05, 0.1) is 0 Å². The minimum atomic E-state index is -0.250. The minimum absolute atomic E-state index is 0.111. The smallest absolute Gasteiger partial charge is 0.319 e. The van der Waals surface area contributed by atoms with Gasteiger partial charge in [-0.2, -0.15) is 0 Å². The summed E-state index contributed by atoms with van der Waals surface area (Å²) in [6.07, 6.45) is 7.99. The number of ether oxygens (including phenoxy) is 1. The molecule has 0 atom stereocenters. The number of rotatable bonds is 8. The summed E-state index contributed by atoms with van der Waals surface area (Å²) in [6.45, 7) is 0.507. The maximum absolute atomic E-state index is 12.1. The highest BCUT2D eigenvalue weighted by Gasteiger charge is 2.07. The Morgan fingerprint density at radius 1 is 0.931 bits per heavy atom. The van der Waals surface area contributed by atoms with Crippen LogP contribution in [0.15, 0.2) is 66.2 Å². The first-order valence-electron chi connectivity index (χ1n) is 9.99. The summed E-state index contributed by atoms with van der Waals surface area (Å²) in [7, 11) is 0. The molecule has 1 aliphatic rings. The van der Waals surface area contributed by atoms with Crippen LogP contribution in [0.4, 0.5) is 16.2 Å². The van der Waals surface area contributed by atoms with Crippen molar-refractivity contribution in [3.8, 4) is 5.75 Å². The van der Waals surface area contributed by atoms with Gasteiger partial charge < -0.3 is 20.7 Å². The number of nitrogens with one attached hydrogen (secondary N) is 3. The van der Waals surface area contributed by atoms with Crippen LogP contribution in [0.25, 0.3) is 0 Å². The predicted octanol–water partition coefficient (Wildman–Crippen LogP) is 4.72. The third-order valence-corrected chi connectivity index (χ3v) is 4.64. The molecule has 3 rings (SSSR count). The molecule has 0 heterocycles. The van der Waals surface area contributed by atoms with Gasteiger partial charge in [0.25, 0.3) is 5.91 Å². The topological polar surface area (TPSA) is 79.5 Å². The van der Waals surface area contributed by atoms with Gasteiger partial charge >= 0.3 is 6.03 Å². The van der Waals surface area contributed by atoms with Crippen molar-refractivity contribution in [3.63, 3.8) is 0 Å². The molecule has 3 N–H and O–H groups in total. The van der Waals surface area contributed by atoms with Gasteiger partial charge in [0.2, 0.25) is 0 Å². The number of carbonyl (C=O) groups is 2. The lowest BCUT2D eigenvalue weighted by molar-refractivity contribution is -0.118. The molecule has 0 radical (unpaired) electrons. The number of para-hydroxylation sites is 1. The van der Waals surface area contributed by atoms with E-state index in [1.54, 1.807) is 24.3 Å². The molecular weight excluding hydrogens is 366 g/mol. The van der Waals surface area contributed by atoms with Gasteiger partial charge in [0.1, 0.15) is 5.75 Å². The first kappa shape index (κ1) is 20.5. The Hall–Kier alpha value is -3.28. The van der Waals surface area contributed by atoms with Crippen LogP contribution < -0.4 is 20.7 Å². The van der Waals surface area contributed by atoms with Crippen molar-refractivity contribution < 1.29 is 14.3 Å². The lowest BCUT2D eigenvalue weighted by Gasteiger charge is -2.13. The van der Waals surface area contributed by atoms with Gasteiger partial charge in [-0.25, -0.2) is 4.79 Å². The minimum Gasteiger partial charge on any atom is -0.484 e. The zero-order valence-corrected chi connectivity index (χ0v) is 16.4. The first-order chi connectivity index (χ1) is 14.2. The fourth-order valence-electron chi connectivity index (χ4n) is 3.17. The normalized spacial score (nSPS) is 13.2. The van der Waals surface area contributed by atoms with Crippen molar-refractivity contribution in [2.24, 2.45) is 0 Å². The van der Waals surface area contributed by atoms with E-state index in [1.807, 2.05) is 30.3 Å². The summed E-state index contributed by atoms with van der Waals surface area (Å²) in [5.74, 6) is 0.266.